The molecule has 0 bridgehead atoms. The Morgan fingerprint density at radius 3 is 1.78 bits per heavy atom. The van der Waals surface area contributed by atoms with Crippen molar-refractivity contribution in [2.45, 2.75) is 91.8 Å². The normalized spacial score (nSPS) is 20.1. The standard InChI is InChI=1S/C40H46N4O10/c1-11-53-33(47)39(15-13-23-21-43(37(3,4)5)35(49)41-31(23)45)18-25-17-26-28(29(51-9)27(25)19-39)20-40(30(26)52-10,34(48)54-12-2)16-14-24-22-44(38(6,7)8)36(50)42-32(24)46/h17,21-22,30H,11-12,18-20H2,1-10H3,(H,41,45,49)(H,42,46,50). The molecule has 2 aromatic heterocycles. The third-order valence-electron chi connectivity index (χ3n) is 9.70. The van der Waals surface area contributed by atoms with E-state index in [1.54, 1.807) is 34.6 Å². The van der Waals surface area contributed by atoms with Gasteiger partial charge in [0.05, 0.1) is 20.3 Å². The second-order valence-corrected chi connectivity index (χ2v) is 15.4. The number of fused-ring (bicyclic) bond motifs is 2. The first-order valence-corrected chi connectivity index (χ1v) is 17.6. The van der Waals surface area contributed by atoms with E-state index in [1.807, 2.05) is 26.8 Å². The summed E-state index contributed by atoms with van der Waals surface area (Å²) in [6.07, 6.45) is 1.87. The first kappa shape index (κ1) is 39.6. The van der Waals surface area contributed by atoms with Crippen molar-refractivity contribution in [2.75, 3.05) is 27.4 Å². The predicted molar refractivity (Wildman–Crippen MR) is 198 cm³/mol. The SMILES string of the molecule is CCOC(=O)C1(C#Cc2cn(C(C)(C)C)c(=O)[nH]c2=O)Cc2cc3c(c(OC)c2C1)CC(C#Cc1cn(C(C)(C)C)c(=O)[nH]c1=O)(C(=O)OCC)C3OC. The van der Waals surface area contributed by atoms with Crippen LogP contribution in [-0.4, -0.2) is 58.5 Å². The molecule has 54 heavy (non-hydrogen) atoms. The highest BCUT2D eigenvalue weighted by molar-refractivity contribution is 5.86. The number of rotatable bonds is 6. The van der Waals surface area contributed by atoms with Gasteiger partial charge in [0, 0.05) is 55.4 Å². The quantitative estimate of drug-likeness (QED) is 0.281. The Bertz CT molecular complexity index is 2400. The van der Waals surface area contributed by atoms with Crippen LogP contribution in [0.5, 0.6) is 5.75 Å². The third-order valence-corrected chi connectivity index (χ3v) is 9.70. The molecule has 0 spiro atoms. The van der Waals surface area contributed by atoms with Gasteiger partial charge in [-0.15, -0.1) is 0 Å². The molecule has 2 N–H and O–H groups in total. The van der Waals surface area contributed by atoms with E-state index in [1.165, 1.54) is 35.7 Å². The molecule has 0 saturated heterocycles. The van der Waals surface area contributed by atoms with Crippen LogP contribution in [0.15, 0.2) is 37.6 Å². The molecule has 3 aromatic rings. The van der Waals surface area contributed by atoms with Crippen molar-refractivity contribution in [3.05, 3.63) is 93.5 Å². The monoisotopic (exact) mass is 742 g/mol. The van der Waals surface area contributed by atoms with Gasteiger partial charge in [0.25, 0.3) is 11.1 Å². The van der Waals surface area contributed by atoms with Crippen molar-refractivity contribution in [3.8, 4) is 29.4 Å². The lowest BCUT2D eigenvalue weighted by Crippen LogP contribution is -2.39. The molecule has 0 saturated carbocycles. The summed E-state index contributed by atoms with van der Waals surface area (Å²) in [5.74, 6) is 11.0. The van der Waals surface area contributed by atoms with Crippen molar-refractivity contribution in [3.63, 3.8) is 0 Å². The number of nitrogens with one attached hydrogen (secondary N) is 2. The largest absolute Gasteiger partial charge is 0.496 e. The van der Waals surface area contributed by atoms with Crippen LogP contribution < -0.4 is 27.2 Å². The minimum Gasteiger partial charge on any atom is -0.496 e. The Labute approximate surface area is 312 Å². The van der Waals surface area contributed by atoms with Gasteiger partial charge in [-0.2, -0.15) is 0 Å². The van der Waals surface area contributed by atoms with Gasteiger partial charge in [-0.1, -0.05) is 29.7 Å². The Morgan fingerprint density at radius 1 is 0.778 bits per heavy atom. The van der Waals surface area contributed by atoms with E-state index < -0.39 is 62.4 Å². The van der Waals surface area contributed by atoms with Gasteiger partial charge in [0.2, 0.25) is 0 Å². The fraction of sp³-hybridized carbons (Fsp3) is 0.500. The van der Waals surface area contributed by atoms with Crippen LogP contribution in [0.4, 0.5) is 0 Å². The van der Waals surface area contributed by atoms with Gasteiger partial charge in [0.15, 0.2) is 5.41 Å². The lowest BCUT2D eigenvalue weighted by Gasteiger charge is -2.27. The zero-order valence-corrected chi connectivity index (χ0v) is 32.3. The first-order valence-electron chi connectivity index (χ1n) is 17.6. The lowest BCUT2D eigenvalue weighted by atomic mass is 9.82. The van der Waals surface area contributed by atoms with Gasteiger partial charge in [-0.05, 0) is 72.1 Å². The number of aromatic amines is 2. The topological polar surface area (TPSA) is 181 Å². The number of aromatic nitrogens is 4. The van der Waals surface area contributed by atoms with Crippen LogP contribution in [0.1, 0.15) is 94.9 Å². The fourth-order valence-electron chi connectivity index (χ4n) is 7.13. The second-order valence-electron chi connectivity index (χ2n) is 15.4. The maximum atomic E-state index is 13.9. The minimum absolute atomic E-state index is 0.00704. The summed E-state index contributed by atoms with van der Waals surface area (Å²) in [7, 11) is 2.92. The van der Waals surface area contributed by atoms with Gasteiger partial charge < -0.3 is 18.9 Å². The molecule has 0 amide bonds. The molecular formula is C40H46N4O10. The number of nitrogens with zero attached hydrogens (tertiary/aromatic N) is 2. The van der Waals surface area contributed by atoms with Crippen LogP contribution >= 0.6 is 0 Å². The van der Waals surface area contributed by atoms with Gasteiger partial charge in [-0.3, -0.25) is 38.3 Å². The number of esters is 2. The molecule has 2 aliphatic rings. The number of H-pyrrole nitrogens is 2. The van der Waals surface area contributed by atoms with E-state index in [0.717, 1.165) is 0 Å². The molecule has 14 heteroatoms. The minimum atomic E-state index is -1.63. The average Bonchev–Trinajstić information content (AvgIpc) is 3.61. The summed E-state index contributed by atoms with van der Waals surface area (Å²) >= 11 is 0. The van der Waals surface area contributed by atoms with Crippen LogP contribution in [0, 0.1) is 34.5 Å². The number of hydrogen-bond donors (Lipinski definition) is 2. The average molecular weight is 743 g/mol. The van der Waals surface area contributed by atoms with Crippen molar-refractivity contribution in [1.82, 2.24) is 19.1 Å². The van der Waals surface area contributed by atoms with Gasteiger partial charge >= 0.3 is 23.3 Å². The summed E-state index contributed by atoms with van der Waals surface area (Å²) in [5.41, 5.74) is -4.44. The summed E-state index contributed by atoms with van der Waals surface area (Å²) in [5, 5.41) is 0. The van der Waals surface area contributed by atoms with E-state index in [2.05, 4.69) is 33.6 Å². The van der Waals surface area contributed by atoms with Crippen LogP contribution in [0.25, 0.3) is 0 Å². The van der Waals surface area contributed by atoms with E-state index in [4.69, 9.17) is 18.9 Å². The number of benzene rings is 1. The maximum Gasteiger partial charge on any atom is 0.328 e. The molecule has 2 heterocycles. The lowest BCUT2D eigenvalue weighted by molar-refractivity contribution is -0.158. The number of carbonyl (C=O) groups excluding carboxylic acids is 2. The molecule has 0 fully saturated rings. The van der Waals surface area contributed by atoms with Gasteiger partial charge in [0.1, 0.15) is 28.4 Å². The van der Waals surface area contributed by atoms with E-state index >= 15 is 0 Å². The number of ether oxygens (including phenoxy) is 4. The molecule has 14 nitrogen and oxygen atoms in total. The zero-order chi connectivity index (χ0) is 40.0. The van der Waals surface area contributed by atoms with Crippen molar-refractivity contribution in [1.29, 1.82) is 0 Å². The molecule has 0 radical (unpaired) electrons. The van der Waals surface area contributed by atoms with E-state index in [-0.39, 0.29) is 43.6 Å². The summed E-state index contributed by atoms with van der Waals surface area (Å²) in [6, 6.07) is 1.84. The zero-order valence-electron chi connectivity index (χ0n) is 32.3. The summed E-state index contributed by atoms with van der Waals surface area (Å²) in [4.78, 5) is 83.2. The highest BCUT2D eigenvalue weighted by atomic mass is 16.5. The molecule has 0 aliphatic heterocycles. The number of hydrogen-bond acceptors (Lipinski definition) is 10. The Balaban J connectivity index is 1.66. The van der Waals surface area contributed by atoms with Crippen LogP contribution in [0.3, 0.4) is 0 Å². The fourth-order valence-corrected chi connectivity index (χ4v) is 7.13. The molecule has 3 atom stereocenters. The molecule has 2 aliphatic carbocycles. The highest BCUT2D eigenvalue weighted by Crippen LogP contribution is 2.55. The predicted octanol–water partition coefficient (Wildman–Crippen LogP) is 2.45. The Morgan fingerprint density at radius 2 is 1.30 bits per heavy atom. The Hall–Kier alpha value is -5.60. The maximum absolute atomic E-state index is 13.9. The molecule has 5 rings (SSSR count). The first-order chi connectivity index (χ1) is 25.3. The second kappa shape index (κ2) is 14.3. The smallest absolute Gasteiger partial charge is 0.328 e. The third kappa shape index (κ3) is 6.94. The molecule has 3 unspecified atom stereocenters. The van der Waals surface area contributed by atoms with Crippen LogP contribution in [-0.2, 0) is 54.1 Å². The number of carbonyl (C=O) groups is 2. The van der Waals surface area contributed by atoms with Crippen molar-refractivity contribution < 1.29 is 28.5 Å². The Kier molecular flexibility index (Phi) is 10.5. The number of methoxy groups -OCH3 is 2. The molecular weight excluding hydrogens is 696 g/mol. The van der Waals surface area contributed by atoms with Gasteiger partial charge in [-0.25, -0.2) is 9.59 Å². The molecule has 1 aromatic carbocycles. The van der Waals surface area contributed by atoms with E-state index in [9.17, 15) is 28.8 Å². The van der Waals surface area contributed by atoms with Crippen molar-refractivity contribution in [2.24, 2.45) is 10.8 Å². The van der Waals surface area contributed by atoms with Crippen LogP contribution in [0.2, 0.25) is 0 Å². The summed E-state index contributed by atoms with van der Waals surface area (Å²) in [6.45, 7) is 14.3. The highest BCUT2D eigenvalue weighted by Gasteiger charge is 2.56. The van der Waals surface area contributed by atoms with Crippen molar-refractivity contribution >= 4 is 11.9 Å². The van der Waals surface area contributed by atoms with E-state index in [0.29, 0.717) is 28.0 Å². The molecule has 286 valence electrons. The summed E-state index contributed by atoms with van der Waals surface area (Å²) < 4.78 is 25.8.